The van der Waals surface area contributed by atoms with Crippen molar-refractivity contribution < 1.29 is 9.21 Å². The fourth-order valence-corrected chi connectivity index (χ4v) is 3.21. The fourth-order valence-electron chi connectivity index (χ4n) is 3.21. The van der Waals surface area contributed by atoms with Crippen molar-refractivity contribution in [3.63, 3.8) is 0 Å². The molecule has 0 radical (unpaired) electrons. The largest absolute Gasteiger partial charge is 0.459 e. The number of nitrogens with one attached hydrogen (secondary N) is 1. The van der Waals surface area contributed by atoms with E-state index in [1.807, 2.05) is 60.7 Å². The van der Waals surface area contributed by atoms with Crippen LogP contribution in [0.4, 0.5) is 5.69 Å². The molecule has 0 unspecified atom stereocenters. The molecule has 0 saturated heterocycles. The third kappa shape index (κ3) is 2.95. The standard InChI is InChI=1S/C22H19N3O3/c1-15-19(22(27)25(24(15)2)17-11-7-4-8-12-17)23-21(26)20-18(13-14-28-20)16-9-5-3-6-10-16/h3-14H,1-2H3,(H,23,26). The predicted octanol–water partition coefficient (Wildman–Crippen LogP) is 4.00. The zero-order chi connectivity index (χ0) is 19.7. The number of para-hydroxylation sites is 1. The van der Waals surface area contributed by atoms with Crippen LogP contribution in [0.15, 0.2) is 82.2 Å². The number of hydrogen-bond donors (Lipinski definition) is 1. The lowest BCUT2D eigenvalue weighted by Crippen LogP contribution is -2.23. The van der Waals surface area contributed by atoms with Gasteiger partial charge in [-0.25, -0.2) is 4.68 Å². The lowest BCUT2D eigenvalue weighted by atomic mass is 10.1. The van der Waals surface area contributed by atoms with Gasteiger partial charge in [-0.15, -0.1) is 0 Å². The highest BCUT2D eigenvalue weighted by Gasteiger charge is 2.22. The van der Waals surface area contributed by atoms with E-state index in [1.54, 1.807) is 24.7 Å². The van der Waals surface area contributed by atoms with E-state index < -0.39 is 5.91 Å². The molecule has 6 nitrogen and oxygen atoms in total. The molecule has 0 aliphatic carbocycles. The van der Waals surface area contributed by atoms with Gasteiger partial charge in [-0.1, -0.05) is 48.5 Å². The Morgan fingerprint density at radius 1 is 0.964 bits per heavy atom. The SMILES string of the molecule is Cc1c(NC(=O)c2occc2-c2ccccc2)c(=O)n(-c2ccccc2)n1C. The number of nitrogens with zero attached hydrogens (tertiary/aromatic N) is 2. The minimum atomic E-state index is -0.463. The number of hydrogen-bond acceptors (Lipinski definition) is 3. The number of carbonyl (C=O) groups excluding carboxylic acids is 1. The second-order valence-corrected chi connectivity index (χ2v) is 6.42. The summed E-state index contributed by atoms with van der Waals surface area (Å²) < 4.78 is 8.66. The van der Waals surface area contributed by atoms with Gasteiger partial charge in [0.1, 0.15) is 5.69 Å². The number of rotatable bonds is 4. The molecule has 0 saturated carbocycles. The molecule has 2 aromatic carbocycles. The molecule has 0 aliphatic heterocycles. The second-order valence-electron chi connectivity index (χ2n) is 6.42. The Balaban J connectivity index is 1.71. The topological polar surface area (TPSA) is 69.2 Å². The molecule has 2 aromatic heterocycles. The highest BCUT2D eigenvalue weighted by molar-refractivity contribution is 6.06. The van der Waals surface area contributed by atoms with Gasteiger partial charge in [0.05, 0.1) is 17.6 Å². The molecule has 4 rings (SSSR count). The number of aromatic nitrogens is 2. The van der Waals surface area contributed by atoms with Crippen molar-refractivity contribution in [2.45, 2.75) is 6.92 Å². The number of benzene rings is 2. The van der Waals surface area contributed by atoms with Gasteiger partial charge in [0, 0.05) is 12.6 Å². The van der Waals surface area contributed by atoms with Crippen LogP contribution in [0.2, 0.25) is 0 Å². The van der Waals surface area contributed by atoms with Gasteiger partial charge in [0.15, 0.2) is 5.76 Å². The zero-order valence-electron chi connectivity index (χ0n) is 15.5. The summed E-state index contributed by atoms with van der Waals surface area (Å²) in [5.41, 5.74) is 2.85. The van der Waals surface area contributed by atoms with E-state index in [2.05, 4.69) is 5.32 Å². The molecular weight excluding hydrogens is 354 g/mol. The molecule has 140 valence electrons. The Labute approximate surface area is 161 Å². The van der Waals surface area contributed by atoms with Crippen LogP contribution >= 0.6 is 0 Å². The van der Waals surface area contributed by atoms with Gasteiger partial charge in [0.2, 0.25) is 0 Å². The lowest BCUT2D eigenvalue weighted by molar-refractivity contribution is 0.0997. The van der Waals surface area contributed by atoms with Gasteiger partial charge >= 0.3 is 0 Å². The van der Waals surface area contributed by atoms with E-state index in [0.717, 1.165) is 11.3 Å². The van der Waals surface area contributed by atoms with Crippen molar-refractivity contribution >= 4 is 11.6 Å². The van der Waals surface area contributed by atoms with Gasteiger partial charge in [-0.2, -0.15) is 0 Å². The molecule has 0 aliphatic rings. The maximum absolute atomic E-state index is 13.0. The second kappa shape index (κ2) is 7.08. The van der Waals surface area contributed by atoms with Crippen molar-refractivity contribution in [2.24, 2.45) is 7.05 Å². The molecule has 1 amide bonds. The quantitative estimate of drug-likeness (QED) is 0.588. The maximum Gasteiger partial charge on any atom is 0.295 e. The van der Waals surface area contributed by atoms with Gasteiger partial charge in [-0.3, -0.25) is 14.3 Å². The van der Waals surface area contributed by atoms with Crippen LogP contribution in [0, 0.1) is 6.92 Å². The Morgan fingerprint density at radius 3 is 2.29 bits per heavy atom. The lowest BCUT2D eigenvalue weighted by Gasteiger charge is -2.07. The summed E-state index contributed by atoms with van der Waals surface area (Å²) in [5.74, 6) is -0.296. The van der Waals surface area contributed by atoms with Crippen molar-refractivity contribution in [2.75, 3.05) is 5.32 Å². The number of furan rings is 1. The first kappa shape index (κ1) is 17.6. The molecule has 6 heteroatoms. The van der Waals surface area contributed by atoms with Crippen molar-refractivity contribution in [1.29, 1.82) is 0 Å². The fraction of sp³-hybridized carbons (Fsp3) is 0.0909. The summed E-state index contributed by atoms with van der Waals surface area (Å²) in [6.07, 6.45) is 1.47. The van der Waals surface area contributed by atoms with Gasteiger partial charge in [-0.05, 0) is 30.7 Å². The third-order valence-electron chi connectivity index (χ3n) is 4.75. The molecule has 1 N–H and O–H groups in total. The van der Waals surface area contributed by atoms with E-state index in [-0.39, 0.29) is 17.0 Å². The number of anilines is 1. The average Bonchev–Trinajstić information content (AvgIpc) is 3.29. The molecule has 0 bridgehead atoms. The highest BCUT2D eigenvalue weighted by atomic mass is 16.3. The smallest absolute Gasteiger partial charge is 0.295 e. The Bertz CT molecular complexity index is 1190. The average molecular weight is 373 g/mol. The van der Waals surface area contributed by atoms with Crippen LogP contribution in [0.3, 0.4) is 0 Å². The van der Waals surface area contributed by atoms with Crippen molar-refractivity contribution in [1.82, 2.24) is 9.36 Å². The molecule has 0 spiro atoms. The molecule has 0 fully saturated rings. The van der Waals surface area contributed by atoms with E-state index in [9.17, 15) is 9.59 Å². The Kier molecular flexibility index (Phi) is 4.45. The normalized spacial score (nSPS) is 10.8. The van der Waals surface area contributed by atoms with Crippen LogP contribution in [0.5, 0.6) is 0 Å². The van der Waals surface area contributed by atoms with E-state index in [1.165, 1.54) is 10.9 Å². The monoisotopic (exact) mass is 373 g/mol. The van der Waals surface area contributed by atoms with Crippen LogP contribution in [0.1, 0.15) is 16.2 Å². The van der Waals surface area contributed by atoms with E-state index >= 15 is 0 Å². The summed E-state index contributed by atoms with van der Waals surface area (Å²) in [5, 5.41) is 2.74. The number of amides is 1. The zero-order valence-corrected chi connectivity index (χ0v) is 15.5. The Morgan fingerprint density at radius 2 is 1.61 bits per heavy atom. The summed E-state index contributed by atoms with van der Waals surface area (Å²) >= 11 is 0. The van der Waals surface area contributed by atoms with E-state index in [0.29, 0.717) is 11.3 Å². The highest BCUT2D eigenvalue weighted by Crippen LogP contribution is 2.25. The Hall–Kier alpha value is -3.80. The third-order valence-corrected chi connectivity index (χ3v) is 4.75. The molecular formula is C22H19N3O3. The maximum atomic E-state index is 13.0. The molecule has 4 aromatic rings. The van der Waals surface area contributed by atoms with Crippen molar-refractivity contribution in [3.05, 3.63) is 94.8 Å². The first-order chi connectivity index (χ1) is 13.6. The van der Waals surface area contributed by atoms with E-state index in [4.69, 9.17) is 4.42 Å². The van der Waals surface area contributed by atoms with Crippen LogP contribution in [0.25, 0.3) is 16.8 Å². The van der Waals surface area contributed by atoms with Crippen LogP contribution < -0.4 is 10.9 Å². The molecule has 28 heavy (non-hydrogen) atoms. The first-order valence-electron chi connectivity index (χ1n) is 8.86. The molecule has 0 atom stereocenters. The minimum absolute atomic E-state index is 0.167. The summed E-state index contributed by atoms with van der Waals surface area (Å²) in [6, 6.07) is 20.5. The van der Waals surface area contributed by atoms with Crippen LogP contribution in [-0.2, 0) is 7.05 Å². The summed E-state index contributed by atoms with van der Waals surface area (Å²) in [4.78, 5) is 25.8. The minimum Gasteiger partial charge on any atom is -0.459 e. The van der Waals surface area contributed by atoms with Crippen molar-refractivity contribution in [3.8, 4) is 16.8 Å². The first-order valence-corrected chi connectivity index (χ1v) is 8.86. The van der Waals surface area contributed by atoms with Gasteiger partial charge in [0.25, 0.3) is 11.5 Å². The van der Waals surface area contributed by atoms with Crippen LogP contribution in [-0.4, -0.2) is 15.3 Å². The van der Waals surface area contributed by atoms with Gasteiger partial charge < -0.3 is 9.73 Å². The summed E-state index contributed by atoms with van der Waals surface area (Å²) in [6.45, 7) is 1.79. The molecule has 2 heterocycles. The predicted molar refractivity (Wildman–Crippen MR) is 108 cm³/mol. The number of carbonyl (C=O) groups is 1. The summed E-state index contributed by atoms with van der Waals surface area (Å²) in [7, 11) is 1.78.